The molecular formula is C15H15N3O3. The van der Waals surface area contributed by atoms with Crippen molar-refractivity contribution in [1.29, 1.82) is 0 Å². The molecule has 0 aliphatic carbocycles. The van der Waals surface area contributed by atoms with E-state index in [0.717, 1.165) is 5.56 Å². The third-order valence-corrected chi connectivity index (χ3v) is 2.73. The Balaban J connectivity index is 1.86. The molecule has 0 unspecified atom stereocenters. The van der Waals surface area contributed by atoms with E-state index < -0.39 is 11.8 Å². The molecule has 1 aromatic carbocycles. The molecular weight excluding hydrogens is 270 g/mol. The Morgan fingerprint density at radius 2 is 1.90 bits per heavy atom. The Morgan fingerprint density at radius 3 is 2.52 bits per heavy atom. The van der Waals surface area contributed by atoms with Crippen LogP contribution in [-0.2, 0) is 16.1 Å². The van der Waals surface area contributed by atoms with Crippen LogP contribution in [0.2, 0.25) is 0 Å². The van der Waals surface area contributed by atoms with E-state index in [1.54, 1.807) is 49.8 Å². The van der Waals surface area contributed by atoms with E-state index >= 15 is 0 Å². The molecule has 0 fully saturated rings. The quantitative estimate of drug-likeness (QED) is 0.831. The van der Waals surface area contributed by atoms with E-state index in [-0.39, 0.29) is 6.54 Å². The van der Waals surface area contributed by atoms with Gasteiger partial charge in [-0.25, -0.2) is 0 Å². The number of carbonyl (C=O) groups excluding carboxylic acids is 2. The SMILES string of the molecule is COc1ccc(NC(=O)C(=O)NCc2cccnc2)cc1. The number of pyridine rings is 1. The maximum Gasteiger partial charge on any atom is 0.313 e. The van der Waals surface area contributed by atoms with Crippen LogP contribution in [-0.4, -0.2) is 23.9 Å². The van der Waals surface area contributed by atoms with Crippen LogP contribution in [0.5, 0.6) is 5.75 Å². The minimum absolute atomic E-state index is 0.253. The smallest absolute Gasteiger partial charge is 0.313 e. The van der Waals surface area contributed by atoms with Crippen LogP contribution >= 0.6 is 0 Å². The van der Waals surface area contributed by atoms with Gasteiger partial charge >= 0.3 is 11.8 Å². The molecule has 0 atom stereocenters. The summed E-state index contributed by atoms with van der Waals surface area (Å²) in [6, 6.07) is 10.3. The molecule has 0 spiro atoms. The fourth-order valence-electron chi connectivity index (χ4n) is 1.63. The number of hydrogen-bond acceptors (Lipinski definition) is 4. The highest BCUT2D eigenvalue weighted by Crippen LogP contribution is 2.14. The van der Waals surface area contributed by atoms with Crippen molar-refractivity contribution in [2.75, 3.05) is 12.4 Å². The molecule has 0 radical (unpaired) electrons. The average molecular weight is 285 g/mol. The van der Waals surface area contributed by atoms with Gasteiger partial charge in [-0.05, 0) is 35.9 Å². The first-order chi connectivity index (χ1) is 10.2. The Morgan fingerprint density at radius 1 is 1.14 bits per heavy atom. The lowest BCUT2D eigenvalue weighted by molar-refractivity contribution is -0.136. The van der Waals surface area contributed by atoms with Crippen LogP contribution in [0, 0.1) is 0 Å². The van der Waals surface area contributed by atoms with Crippen LogP contribution in [0.1, 0.15) is 5.56 Å². The molecule has 2 N–H and O–H groups in total. The number of rotatable bonds is 4. The maximum absolute atomic E-state index is 11.7. The van der Waals surface area contributed by atoms with Gasteiger partial charge in [-0.1, -0.05) is 6.07 Å². The highest BCUT2D eigenvalue weighted by molar-refractivity contribution is 6.39. The molecule has 1 heterocycles. The molecule has 0 aliphatic heterocycles. The Kier molecular flexibility index (Phi) is 4.87. The van der Waals surface area contributed by atoms with E-state index in [1.165, 1.54) is 0 Å². The number of ether oxygens (including phenoxy) is 1. The second-order valence-electron chi connectivity index (χ2n) is 4.23. The van der Waals surface area contributed by atoms with E-state index in [1.807, 2.05) is 6.07 Å². The number of methoxy groups -OCH3 is 1. The van der Waals surface area contributed by atoms with Crippen molar-refractivity contribution < 1.29 is 14.3 Å². The topological polar surface area (TPSA) is 80.3 Å². The highest BCUT2D eigenvalue weighted by atomic mass is 16.5. The van der Waals surface area contributed by atoms with Crippen molar-refractivity contribution in [3.63, 3.8) is 0 Å². The van der Waals surface area contributed by atoms with Gasteiger partial charge in [-0.15, -0.1) is 0 Å². The predicted molar refractivity (Wildman–Crippen MR) is 77.7 cm³/mol. The van der Waals surface area contributed by atoms with E-state index in [0.29, 0.717) is 11.4 Å². The van der Waals surface area contributed by atoms with Gasteiger partial charge in [-0.2, -0.15) is 0 Å². The van der Waals surface area contributed by atoms with Crippen LogP contribution in [0.3, 0.4) is 0 Å². The molecule has 1 aromatic heterocycles. The Bertz CT molecular complexity index is 612. The van der Waals surface area contributed by atoms with E-state index in [2.05, 4.69) is 15.6 Å². The number of carbonyl (C=O) groups is 2. The lowest BCUT2D eigenvalue weighted by atomic mass is 10.3. The first kappa shape index (κ1) is 14.5. The molecule has 108 valence electrons. The lowest BCUT2D eigenvalue weighted by Gasteiger charge is -2.07. The number of nitrogens with one attached hydrogen (secondary N) is 2. The summed E-state index contributed by atoms with van der Waals surface area (Å²) < 4.78 is 5.01. The third-order valence-electron chi connectivity index (χ3n) is 2.73. The fraction of sp³-hybridized carbons (Fsp3) is 0.133. The summed E-state index contributed by atoms with van der Waals surface area (Å²) in [5.41, 5.74) is 1.35. The van der Waals surface area contributed by atoms with Gasteiger partial charge in [0, 0.05) is 24.6 Å². The standard InChI is InChI=1S/C15H15N3O3/c1-21-13-6-4-12(5-7-13)18-15(20)14(19)17-10-11-3-2-8-16-9-11/h2-9H,10H2,1H3,(H,17,19)(H,18,20). The molecule has 0 saturated heterocycles. The number of aromatic nitrogens is 1. The van der Waals surface area contributed by atoms with Crippen LogP contribution in [0.4, 0.5) is 5.69 Å². The van der Waals surface area contributed by atoms with Gasteiger partial charge in [0.1, 0.15) is 5.75 Å². The zero-order chi connectivity index (χ0) is 15.1. The van der Waals surface area contributed by atoms with Gasteiger partial charge in [0.05, 0.1) is 7.11 Å². The number of benzene rings is 1. The second kappa shape index (κ2) is 7.04. The zero-order valence-corrected chi connectivity index (χ0v) is 11.5. The largest absolute Gasteiger partial charge is 0.497 e. The number of nitrogens with zero attached hydrogens (tertiary/aromatic N) is 1. The highest BCUT2D eigenvalue weighted by Gasteiger charge is 2.13. The van der Waals surface area contributed by atoms with Crippen molar-refractivity contribution >= 4 is 17.5 Å². The monoisotopic (exact) mass is 285 g/mol. The van der Waals surface area contributed by atoms with Crippen LogP contribution in [0.25, 0.3) is 0 Å². The minimum atomic E-state index is -0.718. The molecule has 0 saturated carbocycles. The van der Waals surface area contributed by atoms with Gasteiger partial charge in [0.25, 0.3) is 0 Å². The second-order valence-corrected chi connectivity index (χ2v) is 4.23. The number of anilines is 1. The average Bonchev–Trinajstić information content (AvgIpc) is 2.54. The van der Waals surface area contributed by atoms with Crippen LogP contribution in [0.15, 0.2) is 48.8 Å². The first-order valence-corrected chi connectivity index (χ1v) is 6.31. The van der Waals surface area contributed by atoms with Crippen molar-refractivity contribution in [1.82, 2.24) is 10.3 Å². The molecule has 0 bridgehead atoms. The van der Waals surface area contributed by atoms with Crippen LogP contribution < -0.4 is 15.4 Å². The van der Waals surface area contributed by atoms with E-state index in [4.69, 9.17) is 4.74 Å². The molecule has 6 heteroatoms. The predicted octanol–water partition coefficient (Wildman–Crippen LogP) is 1.35. The molecule has 6 nitrogen and oxygen atoms in total. The molecule has 2 amide bonds. The van der Waals surface area contributed by atoms with Crippen molar-refractivity contribution in [2.45, 2.75) is 6.54 Å². The van der Waals surface area contributed by atoms with Gasteiger partial charge < -0.3 is 15.4 Å². The lowest BCUT2D eigenvalue weighted by Crippen LogP contribution is -2.34. The zero-order valence-electron chi connectivity index (χ0n) is 11.5. The number of amides is 2. The first-order valence-electron chi connectivity index (χ1n) is 6.31. The van der Waals surface area contributed by atoms with Gasteiger partial charge in [0.2, 0.25) is 0 Å². The van der Waals surface area contributed by atoms with Gasteiger partial charge in [0.15, 0.2) is 0 Å². The third kappa shape index (κ3) is 4.31. The Hall–Kier alpha value is -2.89. The molecule has 2 aromatic rings. The summed E-state index contributed by atoms with van der Waals surface area (Å²) in [7, 11) is 1.56. The summed E-state index contributed by atoms with van der Waals surface area (Å²) in [6.45, 7) is 0.253. The molecule has 2 rings (SSSR count). The van der Waals surface area contributed by atoms with Gasteiger partial charge in [-0.3, -0.25) is 14.6 Å². The summed E-state index contributed by atoms with van der Waals surface area (Å²) in [5.74, 6) is -0.743. The summed E-state index contributed by atoms with van der Waals surface area (Å²) in [4.78, 5) is 27.3. The fourth-order valence-corrected chi connectivity index (χ4v) is 1.63. The summed E-state index contributed by atoms with van der Waals surface area (Å²) >= 11 is 0. The normalized spacial score (nSPS) is 9.76. The molecule has 21 heavy (non-hydrogen) atoms. The summed E-state index contributed by atoms with van der Waals surface area (Å²) in [6.07, 6.45) is 3.27. The molecule has 0 aliphatic rings. The maximum atomic E-state index is 11.7. The van der Waals surface area contributed by atoms with Crippen molar-refractivity contribution in [2.24, 2.45) is 0 Å². The van der Waals surface area contributed by atoms with Crippen molar-refractivity contribution in [3.8, 4) is 5.75 Å². The minimum Gasteiger partial charge on any atom is -0.497 e. The number of hydrogen-bond donors (Lipinski definition) is 2. The van der Waals surface area contributed by atoms with E-state index in [9.17, 15) is 9.59 Å². The summed E-state index contributed by atoms with van der Waals surface area (Å²) in [5, 5.41) is 5.03. The van der Waals surface area contributed by atoms with Crippen molar-refractivity contribution in [3.05, 3.63) is 54.4 Å². The Labute approximate surface area is 122 Å².